The molecule has 2 rings (SSSR count). The summed E-state index contributed by atoms with van der Waals surface area (Å²) in [5, 5.41) is 0. The fraction of sp³-hybridized carbons (Fsp3) is 0.250. The largest absolute Gasteiger partial charge is 2.00 e. The topological polar surface area (TPSA) is 83.8 Å². The standard InChI is InChI=1S/2C8H11N.O/c2*1-6-4-3-5-8(9)7(6)2;/h2*3-5H,9H2,1-2H3;/q;;-2/p+2. The lowest BCUT2D eigenvalue weighted by Crippen LogP contribution is -2.41. The molecule has 0 aromatic heterocycles. The van der Waals surface area contributed by atoms with Gasteiger partial charge >= 0.3 is 0 Å². The first-order valence-corrected chi connectivity index (χ1v) is 6.20. The molecule has 0 bridgehead atoms. The molecule has 2 aromatic rings. The van der Waals surface area contributed by atoms with E-state index in [2.05, 4.69) is 51.3 Å². The number of benzene rings is 2. The van der Waals surface area contributed by atoms with Gasteiger partial charge in [0.1, 0.15) is 11.4 Å². The Balaban J connectivity index is 0.000000324. The summed E-state index contributed by atoms with van der Waals surface area (Å²) in [6.45, 7) is 8.39. The van der Waals surface area contributed by atoms with Gasteiger partial charge in [0.25, 0.3) is 0 Å². The minimum absolute atomic E-state index is 0. The minimum atomic E-state index is 0. The van der Waals surface area contributed by atoms with Gasteiger partial charge in [-0.25, -0.2) is 0 Å². The van der Waals surface area contributed by atoms with Gasteiger partial charge in [0, 0.05) is 11.1 Å². The lowest BCUT2D eigenvalue weighted by molar-refractivity contribution is -0.256. The van der Waals surface area contributed by atoms with Crippen LogP contribution in [-0.2, 0) is 5.48 Å². The van der Waals surface area contributed by atoms with E-state index in [-0.39, 0.29) is 5.48 Å². The van der Waals surface area contributed by atoms with Crippen molar-refractivity contribution in [3.05, 3.63) is 58.7 Å². The van der Waals surface area contributed by atoms with Crippen molar-refractivity contribution in [1.29, 1.82) is 0 Å². The average Bonchev–Trinajstić information content (AvgIpc) is 2.34. The zero-order valence-corrected chi connectivity index (χ0v) is 12.3. The Morgan fingerprint density at radius 3 is 1.16 bits per heavy atom. The molecule has 0 heterocycles. The first kappa shape index (κ1) is 17.3. The summed E-state index contributed by atoms with van der Waals surface area (Å²) in [6.07, 6.45) is 0. The second-order valence-corrected chi connectivity index (χ2v) is 4.72. The summed E-state index contributed by atoms with van der Waals surface area (Å²) in [4.78, 5) is 0. The van der Waals surface area contributed by atoms with Crippen LogP contribution in [0, 0.1) is 27.7 Å². The highest BCUT2D eigenvalue weighted by atomic mass is 16.0. The van der Waals surface area contributed by atoms with Gasteiger partial charge in [0.15, 0.2) is 0 Å². The van der Waals surface area contributed by atoms with Gasteiger partial charge < -0.3 is 16.9 Å². The summed E-state index contributed by atoms with van der Waals surface area (Å²) in [7, 11) is 0. The molecule has 0 spiro atoms. The Morgan fingerprint density at radius 1 is 0.632 bits per heavy atom. The summed E-state index contributed by atoms with van der Waals surface area (Å²) in [5.41, 5.74) is 15.3. The Kier molecular flexibility index (Phi) is 7.01. The lowest BCUT2D eigenvalue weighted by atomic mass is 10.1. The van der Waals surface area contributed by atoms with Gasteiger partial charge in [-0.2, -0.15) is 0 Å². The van der Waals surface area contributed by atoms with Gasteiger partial charge in [-0.1, -0.05) is 24.3 Å². The zero-order chi connectivity index (χ0) is 13.7. The van der Waals surface area contributed by atoms with Crippen LogP contribution < -0.4 is 11.5 Å². The summed E-state index contributed by atoms with van der Waals surface area (Å²) < 4.78 is 0. The van der Waals surface area contributed by atoms with Crippen LogP contribution in [0.2, 0.25) is 0 Å². The van der Waals surface area contributed by atoms with E-state index in [1.165, 1.54) is 22.3 Å². The molecule has 0 amide bonds. The number of quaternary nitrogens is 2. The van der Waals surface area contributed by atoms with E-state index in [4.69, 9.17) is 0 Å². The zero-order valence-electron chi connectivity index (χ0n) is 12.3. The van der Waals surface area contributed by atoms with Crippen LogP contribution in [0.3, 0.4) is 0 Å². The molecule has 3 heteroatoms. The van der Waals surface area contributed by atoms with E-state index in [0.29, 0.717) is 0 Å². The maximum absolute atomic E-state index is 3.88. The van der Waals surface area contributed by atoms with E-state index in [0.717, 1.165) is 11.4 Å². The molecule has 0 unspecified atom stereocenters. The van der Waals surface area contributed by atoms with E-state index < -0.39 is 0 Å². The molecular weight excluding hydrogens is 236 g/mol. The van der Waals surface area contributed by atoms with Crippen LogP contribution in [0.15, 0.2) is 36.4 Å². The molecule has 3 nitrogen and oxygen atoms in total. The highest BCUT2D eigenvalue weighted by Gasteiger charge is 1.97. The molecule has 0 aliphatic rings. The number of hydrogen-bond donors (Lipinski definition) is 2. The smallest absolute Gasteiger partial charge is 0.131 e. The normalized spacial score (nSPS) is 9.16. The lowest BCUT2D eigenvalue weighted by Gasteiger charge is -2.00. The highest BCUT2D eigenvalue weighted by Crippen LogP contribution is 2.12. The summed E-state index contributed by atoms with van der Waals surface area (Å²) >= 11 is 0. The number of aryl methyl sites for hydroxylation is 2. The predicted molar refractivity (Wildman–Crippen MR) is 77.6 cm³/mol. The minimum Gasteiger partial charge on any atom is -2.00 e. The van der Waals surface area contributed by atoms with Crippen molar-refractivity contribution in [2.24, 2.45) is 0 Å². The molecule has 0 saturated carbocycles. The van der Waals surface area contributed by atoms with Gasteiger partial charge in [-0.05, 0) is 51.0 Å². The quantitative estimate of drug-likeness (QED) is 0.728. The molecule has 0 saturated heterocycles. The van der Waals surface area contributed by atoms with E-state index in [1.807, 2.05) is 24.3 Å². The Labute approximate surface area is 115 Å². The van der Waals surface area contributed by atoms with Crippen LogP contribution in [-0.4, -0.2) is 0 Å². The van der Waals surface area contributed by atoms with E-state index >= 15 is 0 Å². The van der Waals surface area contributed by atoms with Crippen molar-refractivity contribution in [2.75, 3.05) is 0 Å². The molecule has 0 aliphatic heterocycles. The fourth-order valence-corrected chi connectivity index (χ4v) is 1.62. The van der Waals surface area contributed by atoms with Crippen LogP contribution in [0.4, 0.5) is 11.4 Å². The maximum Gasteiger partial charge on any atom is 0.131 e. The first-order chi connectivity index (χ1) is 8.43. The molecule has 19 heavy (non-hydrogen) atoms. The second kappa shape index (κ2) is 7.69. The van der Waals surface area contributed by atoms with E-state index in [9.17, 15) is 0 Å². The maximum atomic E-state index is 3.88. The fourth-order valence-electron chi connectivity index (χ4n) is 1.62. The molecule has 0 aliphatic carbocycles. The predicted octanol–water partition coefficient (Wildman–Crippen LogP) is 2.23. The molecule has 6 N–H and O–H groups in total. The van der Waals surface area contributed by atoms with Crippen LogP contribution in [0.5, 0.6) is 0 Å². The van der Waals surface area contributed by atoms with Crippen LogP contribution in [0.1, 0.15) is 22.3 Å². The highest BCUT2D eigenvalue weighted by molar-refractivity contribution is 5.42. The summed E-state index contributed by atoms with van der Waals surface area (Å²) in [5.74, 6) is 0. The van der Waals surface area contributed by atoms with Crippen molar-refractivity contribution < 1.29 is 16.9 Å². The molecule has 2 aromatic carbocycles. The van der Waals surface area contributed by atoms with Crippen molar-refractivity contribution >= 4 is 11.4 Å². The van der Waals surface area contributed by atoms with Crippen molar-refractivity contribution in [1.82, 2.24) is 0 Å². The van der Waals surface area contributed by atoms with Gasteiger partial charge in [-0.3, -0.25) is 0 Å². The second-order valence-electron chi connectivity index (χ2n) is 4.72. The molecule has 0 radical (unpaired) electrons. The Bertz CT molecular complexity index is 446. The average molecular weight is 260 g/mol. The molecule has 0 fully saturated rings. The van der Waals surface area contributed by atoms with Gasteiger partial charge in [0.2, 0.25) is 0 Å². The van der Waals surface area contributed by atoms with Crippen LogP contribution in [0.25, 0.3) is 0 Å². The van der Waals surface area contributed by atoms with Crippen LogP contribution >= 0.6 is 0 Å². The van der Waals surface area contributed by atoms with Crippen molar-refractivity contribution in [2.45, 2.75) is 27.7 Å². The summed E-state index contributed by atoms with van der Waals surface area (Å²) in [6, 6.07) is 12.3. The van der Waals surface area contributed by atoms with Crippen molar-refractivity contribution in [3.63, 3.8) is 0 Å². The first-order valence-electron chi connectivity index (χ1n) is 6.20. The molecule has 0 atom stereocenters. The van der Waals surface area contributed by atoms with Gasteiger partial charge in [-0.15, -0.1) is 0 Å². The Hall–Kier alpha value is -1.68. The number of rotatable bonds is 0. The monoisotopic (exact) mass is 260 g/mol. The third kappa shape index (κ3) is 4.83. The number of hydrogen-bond acceptors (Lipinski definition) is 0. The van der Waals surface area contributed by atoms with E-state index in [1.54, 1.807) is 0 Å². The SMILES string of the molecule is Cc1cccc([NH3+])c1C.Cc1cccc([NH3+])c1C.[O-2]. The molecule has 104 valence electrons. The molecular formula is C16H24N2O. The van der Waals surface area contributed by atoms with Gasteiger partial charge in [0.05, 0.1) is 0 Å². The third-order valence-corrected chi connectivity index (χ3v) is 3.43. The van der Waals surface area contributed by atoms with Crippen molar-refractivity contribution in [3.8, 4) is 0 Å². The third-order valence-electron chi connectivity index (χ3n) is 3.43. The Morgan fingerprint density at radius 2 is 0.947 bits per heavy atom.